The van der Waals surface area contributed by atoms with Gasteiger partial charge in [0.2, 0.25) is 0 Å². The lowest BCUT2D eigenvalue weighted by Gasteiger charge is -2.32. The van der Waals surface area contributed by atoms with Gasteiger partial charge in [-0.2, -0.15) is 13.2 Å². The van der Waals surface area contributed by atoms with Crippen molar-refractivity contribution in [1.29, 1.82) is 0 Å². The Hall–Kier alpha value is -1.76. The average Bonchev–Trinajstić information content (AvgIpc) is 2.96. The molecule has 0 radical (unpaired) electrons. The molecule has 2 aromatic rings. The van der Waals surface area contributed by atoms with E-state index in [1.165, 1.54) is 0 Å². The lowest BCUT2D eigenvalue weighted by atomic mass is 9.97. The first-order valence-electron chi connectivity index (χ1n) is 8.39. The molecule has 0 aliphatic carbocycles. The molecule has 3 nitrogen and oxygen atoms in total. The van der Waals surface area contributed by atoms with Crippen LogP contribution in [0.25, 0.3) is 0 Å². The number of anilines is 1. The smallest absolute Gasteiger partial charge is 0.391 e. The van der Waals surface area contributed by atoms with E-state index in [1.54, 1.807) is 11.3 Å². The number of alkyl halides is 3. The molecule has 1 saturated heterocycles. The van der Waals surface area contributed by atoms with E-state index < -0.39 is 12.1 Å². The maximum absolute atomic E-state index is 12.8. The molecule has 7 heteroatoms. The number of halogens is 3. The monoisotopic (exact) mass is 370 g/mol. The van der Waals surface area contributed by atoms with Crippen LogP contribution in [0, 0.1) is 12.8 Å². The fourth-order valence-electron chi connectivity index (χ4n) is 2.96. The third-order valence-electron chi connectivity index (χ3n) is 4.46. The second kappa shape index (κ2) is 7.64. The van der Waals surface area contributed by atoms with Gasteiger partial charge in [-0.25, -0.2) is 4.98 Å². The Morgan fingerprint density at radius 2 is 1.88 bits per heavy atom. The van der Waals surface area contributed by atoms with Crippen LogP contribution >= 0.6 is 11.3 Å². The Balaban J connectivity index is 1.54. The molecule has 25 heavy (non-hydrogen) atoms. The van der Waals surface area contributed by atoms with Crippen molar-refractivity contribution >= 4 is 16.5 Å². The van der Waals surface area contributed by atoms with Crippen LogP contribution in [-0.2, 0) is 6.42 Å². The van der Waals surface area contributed by atoms with Crippen molar-refractivity contribution in [2.24, 2.45) is 5.92 Å². The van der Waals surface area contributed by atoms with Gasteiger partial charge < -0.3 is 9.64 Å². The highest BCUT2D eigenvalue weighted by atomic mass is 32.1. The Bertz CT molecular complexity index is 679. The molecule has 0 unspecified atom stereocenters. The minimum Gasteiger partial charge on any atom is -0.493 e. The molecule has 1 aliphatic heterocycles. The van der Waals surface area contributed by atoms with Gasteiger partial charge in [0, 0.05) is 24.4 Å². The summed E-state index contributed by atoms with van der Waals surface area (Å²) in [7, 11) is 0. The SMILES string of the molecule is Cc1sc(N2CCC(C(F)(F)F)CC2)nc1CCOc1ccccc1. The van der Waals surface area contributed by atoms with Crippen molar-refractivity contribution < 1.29 is 17.9 Å². The van der Waals surface area contributed by atoms with Crippen molar-refractivity contribution in [3.63, 3.8) is 0 Å². The van der Waals surface area contributed by atoms with Crippen molar-refractivity contribution in [1.82, 2.24) is 4.98 Å². The van der Waals surface area contributed by atoms with Gasteiger partial charge in [0.15, 0.2) is 5.13 Å². The number of nitrogens with zero attached hydrogens (tertiary/aromatic N) is 2. The number of piperidine rings is 1. The molecule has 0 atom stereocenters. The van der Waals surface area contributed by atoms with Crippen LogP contribution < -0.4 is 9.64 Å². The first-order chi connectivity index (χ1) is 11.9. The summed E-state index contributed by atoms with van der Waals surface area (Å²) < 4.78 is 44.0. The van der Waals surface area contributed by atoms with E-state index in [2.05, 4.69) is 4.98 Å². The summed E-state index contributed by atoms with van der Waals surface area (Å²) in [6.45, 7) is 3.36. The second-order valence-electron chi connectivity index (χ2n) is 6.21. The molecular weight excluding hydrogens is 349 g/mol. The zero-order valence-electron chi connectivity index (χ0n) is 14.1. The van der Waals surface area contributed by atoms with Crippen LogP contribution in [0.15, 0.2) is 30.3 Å². The van der Waals surface area contributed by atoms with Gasteiger partial charge in [-0.1, -0.05) is 18.2 Å². The van der Waals surface area contributed by atoms with E-state index in [1.807, 2.05) is 42.2 Å². The number of ether oxygens (including phenoxy) is 1. The number of hydrogen-bond acceptors (Lipinski definition) is 4. The maximum atomic E-state index is 12.8. The van der Waals surface area contributed by atoms with Crippen molar-refractivity contribution in [3.8, 4) is 5.75 Å². The number of aromatic nitrogens is 1. The van der Waals surface area contributed by atoms with Crippen LogP contribution in [0.5, 0.6) is 5.75 Å². The number of para-hydroxylation sites is 1. The molecule has 3 rings (SSSR count). The Labute approximate surface area is 149 Å². The second-order valence-corrected chi connectivity index (χ2v) is 7.40. The Morgan fingerprint density at radius 3 is 2.52 bits per heavy atom. The largest absolute Gasteiger partial charge is 0.493 e. The molecule has 136 valence electrons. The van der Waals surface area contributed by atoms with E-state index >= 15 is 0 Å². The fraction of sp³-hybridized carbons (Fsp3) is 0.500. The summed E-state index contributed by atoms with van der Waals surface area (Å²) in [6, 6.07) is 9.60. The molecule has 1 aromatic carbocycles. The number of rotatable bonds is 5. The highest BCUT2D eigenvalue weighted by Crippen LogP contribution is 2.36. The molecule has 1 aromatic heterocycles. The third-order valence-corrected chi connectivity index (χ3v) is 5.53. The van der Waals surface area contributed by atoms with Crippen LogP contribution in [0.4, 0.5) is 18.3 Å². The zero-order valence-corrected chi connectivity index (χ0v) is 14.9. The molecule has 0 saturated carbocycles. The lowest BCUT2D eigenvalue weighted by Crippen LogP contribution is -2.38. The minimum atomic E-state index is -4.08. The van der Waals surface area contributed by atoms with Crippen LogP contribution in [-0.4, -0.2) is 30.9 Å². The third kappa shape index (κ3) is 4.66. The predicted octanol–water partition coefficient (Wildman–Crippen LogP) is 4.85. The van der Waals surface area contributed by atoms with E-state index in [9.17, 15) is 13.2 Å². The highest BCUT2D eigenvalue weighted by Gasteiger charge is 2.41. The van der Waals surface area contributed by atoms with Gasteiger partial charge in [0.1, 0.15) is 5.75 Å². The molecule has 1 aliphatic rings. The summed E-state index contributed by atoms with van der Waals surface area (Å²) in [5.41, 5.74) is 0.967. The van der Waals surface area contributed by atoms with Gasteiger partial charge in [0.05, 0.1) is 18.2 Å². The van der Waals surface area contributed by atoms with E-state index in [0.717, 1.165) is 21.5 Å². The molecule has 0 amide bonds. The molecule has 0 spiro atoms. The predicted molar refractivity (Wildman–Crippen MR) is 93.5 cm³/mol. The van der Waals surface area contributed by atoms with Crippen molar-refractivity contribution in [2.45, 2.75) is 32.4 Å². The van der Waals surface area contributed by atoms with Gasteiger partial charge in [-0.05, 0) is 31.9 Å². The standard InChI is InChI=1S/C18H21F3N2OS/c1-13-16(9-12-24-15-5-3-2-4-6-15)22-17(25-13)23-10-7-14(8-11-23)18(19,20)21/h2-6,14H,7-12H2,1H3. The average molecular weight is 370 g/mol. The highest BCUT2D eigenvalue weighted by molar-refractivity contribution is 7.15. The minimum absolute atomic E-state index is 0.147. The quantitative estimate of drug-likeness (QED) is 0.752. The summed E-state index contributed by atoms with van der Waals surface area (Å²) in [5.74, 6) is -0.353. The van der Waals surface area contributed by atoms with E-state index in [0.29, 0.717) is 26.1 Å². The van der Waals surface area contributed by atoms with Gasteiger partial charge in [0.25, 0.3) is 0 Å². The lowest BCUT2D eigenvalue weighted by molar-refractivity contribution is -0.179. The summed E-state index contributed by atoms with van der Waals surface area (Å²) in [4.78, 5) is 7.71. The topological polar surface area (TPSA) is 25.4 Å². The van der Waals surface area contributed by atoms with E-state index in [4.69, 9.17) is 4.74 Å². The van der Waals surface area contributed by atoms with Gasteiger partial charge >= 0.3 is 6.18 Å². The van der Waals surface area contributed by atoms with Crippen molar-refractivity contribution in [3.05, 3.63) is 40.9 Å². The van der Waals surface area contributed by atoms with E-state index in [-0.39, 0.29) is 12.8 Å². The fourth-order valence-corrected chi connectivity index (χ4v) is 3.97. The molecule has 2 heterocycles. The first-order valence-corrected chi connectivity index (χ1v) is 9.21. The summed E-state index contributed by atoms with van der Waals surface area (Å²) >= 11 is 1.55. The van der Waals surface area contributed by atoms with Gasteiger partial charge in [-0.3, -0.25) is 0 Å². The Morgan fingerprint density at radius 1 is 1.20 bits per heavy atom. The first kappa shape index (κ1) is 18.0. The van der Waals surface area contributed by atoms with Crippen molar-refractivity contribution in [2.75, 3.05) is 24.6 Å². The van der Waals surface area contributed by atoms with Crippen LogP contribution in [0.1, 0.15) is 23.4 Å². The maximum Gasteiger partial charge on any atom is 0.391 e. The normalized spacial score (nSPS) is 16.2. The number of thiazole rings is 1. The Kier molecular flexibility index (Phi) is 5.51. The summed E-state index contributed by atoms with van der Waals surface area (Å²) in [6.07, 6.45) is -3.09. The molecule has 1 fully saturated rings. The molecular formula is C18H21F3N2OS. The van der Waals surface area contributed by atoms with Crippen LogP contribution in [0.3, 0.4) is 0 Å². The van der Waals surface area contributed by atoms with Crippen LogP contribution in [0.2, 0.25) is 0 Å². The summed E-state index contributed by atoms with van der Waals surface area (Å²) in [5, 5.41) is 0.827. The zero-order chi connectivity index (χ0) is 17.9. The molecule has 0 N–H and O–H groups in total. The van der Waals surface area contributed by atoms with Gasteiger partial charge in [-0.15, -0.1) is 11.3 Å². The number of aryl methyl sites for hydroxylation is 1. The number of hydrogen-bond donors (Lipinski definition) is 0. The molecule has 0 bridgehead atoms. The number of benzene rings is 1.